The molecule has 0 spiro atoms. The Kier molecular flexibility index (Phi) is 5.30. The van der Waals surface area contributed by atoms with E-state index in [1.807, 2.05) is 0 Å². The minimum absolute atomic E-state index is 0.219. The van der Waals surface area contributed by atoms with Gasteiger partial charge in [-0.15, -0.1) is 10.2 Å². The molecule has 0 bridgehead atoms. The number of hydrogen-bond acceptors (Lipinski definition) is 4. The summed E-state index contributed by atoms with van der Waals surface area (Å²) in [4.78, 5) is 11.7. The summed E-state index contributed by atoms with van der Waals surface area (Å²) in [5, 5.41) is 9.44. The molecule has 25 heavy (non-hydrogen) atoms. The normalized spacial score (nSPS) is 11.9. The van der Waals surface area contributed by atoms with E-state index in [0.29, 0.717) is 11.3 Å². The first-order valence-electron chi connectivity index (χ1n) is 7.52. The van der Waals surface area contributed by atoms with E-state index in [9.17, 15) is 18.0 Å². The third kappa shape index (κ3) is 5.74. The summed E-state index contributed by atoms with van der Waals surface area (Å²) in [7, 11) is 0. The Bertz CT molecular complexity index is 738. The molecular weight excluding hydrogens is 335 g/mol. The highest BCUT2D eigenvalue weighted by Crippen LogP contribution is 2.28. The van der Waals surface area contributed by atoms with Crippen LogP contribution in [-0.2, 0) is 17.5 Å². The molecule has 0 aliphatic heterocycles. The fourth-order valence-corrected chi connectivity index (χ4v) is 1.97. The molecule has 8 heteroatoms. The third-order valence-electron chi connectivity index (χ3n) is 3.01. The Balaban J connectivity index is 2.07. The lowest BCUT2D eigenvalue weighted by molar-refractivity contribution is -0.141. The molecule has 1 heterocycles. The van der Waals surface area contributed by atoms with E-state index in [0.717, 1.165) is 11.6 Å². The number of nitrogens with one attached hydrogen (secondary N) is 1. The SMILES string of the molecule is CC(C)(C)OC(=O)NCc1cccc(-c2ccc(C(F)(F)F)nn2)c1. The molecule has 0 fully saturated rings. The van der Waals surface area contributed by atoms with Crippen LogP contribution in [0.25, 0.3) is 11.3 Å². The summed E-state index contributed by atoms with van der Waals surface area (Å²) in [6.07, 6.45) is -5.07. The van der Waals surface area contributed by atoms with E-state index in [2.05, 4.69) is 15.5 Å². The first kappa shape index (κ1) is 18.7. The van der Waals surface area contributed by atoms with Gasteiger partial charge in [-0.1, -0.05) is 18.2 Å². The zero-order valence-electron chi connectivity index (χ0n) is 14.0. The molecule has 1 aromatic heterocycles. The average Bonchev–Trinajstić information content (AvgIpc) is 2.51. The number of carbonyl (C=O) groups is 1. The second-order valence-corrected chi connectivity index (χ2v) is 6.36. The summed E-state index contributed by atoms with van der Waals surface area (Å²) in [6, 6.07) is 9.06. The number of nitrogens with zero attached hydrogens (tertiary/aromatic N) is 2. The number of aromatic nitrogens is 2. The van der Waals surface area contributed by atoms with Crippen molar-refractivity contribution in [3.63, 3.8) is 0 Å². The minimum atomic E-state index is -4.52. The third-order valence-corrected chi connectivity index (χ3v) is 3.01. The second kappa shape index (κ2) is 7.08. The summed E-state index contributed by atoms with van der Waals surface area (Å²) < 4.78 is 42.7. The smallest absolute Gasteiger partial charge is 0.435 e. The highest BCUT2D eigenvalue weighted by molar-refractivity contribution is 5.68. The number of hydrogen-bond donors (Lipinski definition) is 1. The molecule has 0 aliphatic rings. The summed E-state index contributed by atoms with van der Waals surface area (Å²) in [6.45, 7) is 5.50. The zero-order valence-corrected chi connectivity index (χ0v) is 14.0. The fraction of sp³-hybridized carbons (Fsp3) is 0.353. The van der Waals surface area contributed by atoms with Crippen molar-refractivity contribution in [3.8, 4) is 11.3 Å². The molecule has 134 valence electrons. The molecule has 1 aromatic carbocycles. The van der Waals surface area contributed by atoms with Gasteiger partial charge in [0.25, 0.3) is 0 Å². The molecule has 0 aliphatic carbocycles. The van der Waals surface area contributed by atoms with Crippen LogP contribution in [0.15, 0.2) is 36.4 Å². The van der Waals surface area contributed by atoms with E-state index in [1.54, 1.807) is 45.0 Å². The molecule has 0 unspecified atom stereocenters. The molecule has 0 radical (unpaired) electrons. The Morgan fingerprint density at radius 1 is 1.12 bits per heavy atom. The van der Waals surface area contributed by atoms with Crippen molar-refractivity contribution in [1.29, 1.82) is 0 Å². The Hall–Kier alpha value is -2.64. The topological polar surface area (TPSA) is 64.1 Å². The Labute approximate surface area is 143 Å². The number of alkyl halides is 3. The molecule has 0 atom stereocenters. The number of carbonyl (C=O) groups excluding carboxylic acids is 1. The lowest BCUT2D eigenvalue weighted by Crippen LogP contribution is -2.32. The summed E-state index contributed by atoms with van der Waals surface area (Å²) in [5.41, 5.74) is 0.0303. The van der Waals surface area contributed by atoms with Crippen molar-refractivity contribution in [1.82, 2.24) is 15.5 Å². The molecule has 0 saturated carbocycles. The second-order valence-electron chi connectivity index (χ2n) is 6.36. The van der Waals surface area contributed by atoms with Gasteiger partial charge in [-0.25, -0.2) is 4.79 Å². The van der Waals surface area contributed by atoms with E-state index >= 15 is 0 Å². The van der Waals surface area contributed by atoms with Crippen molar-refractivity contribution in [3.05, 3.63) is 47.7 Å². The van der Waals surface area contributed by atoms with Crippen LogP contribution in [0.1, 0.15) is 32.0 Å². The average molecular weight is 353 g/mol. The predicted molar refractivity (Wildman–Crippen MR) is 85.5 cm³/mol. The van der Waals surface area contributed by atoms with Gasteiger partial charge in [0.05, 0.1) is 5.69 Å². The number of amides is 1. The lowest BCUT2D eigenvalue weighted by Gasteiger charge is -2.19. The summed E-state index contributed by atoms with van der Waals surface area (Å²) in [5.74, 6) is 0. The molecular formula is C17H18F3N3O2. The largest absolute Gasteiger partial charge is 0.444 e. The van der Waals surface area contributed by atoms with Gasteiger partial charge in [-0.3, -0.25) is 0 Å². The Morgan fingerprint density at radius 3 is 2.40 bits per heavy atom. The van der Waals surface area contributed by atoms with Gasteiger partial charge in [0.2, 0.25) is 0 Å². The van der Waals surface area contributed by atoms with Crippen LogP contribution in [0.5, 0.6) is 0 Å². The van der Waals surface area contributed by atoms with Crippen molar-refractivity contribution in [2.24, 2.45) is 0 Å². The maximum absolute atomic E-state index is 12.5. The molecule has 2 aromatic rings. The molecule has 2 rings (SSSR count). The van der Waals surface area contributed by atoms with Gasteiger partial charge in [0.15, 0.2) is 5.69 Å². The van der Waals surface area contributed by atoms with Gasteiger partial charge < -0.3 is 10.1 Å². The van der Waals surface area contributed by atoms with E-state index in [-0.39, 0.29) is 6.54 Å². The van der Waals surface area contributed by atoms with Crippen molar-refractivity contribution >= 4 is 6.09 Å². The maximum atomic E-state index is 12.5. The Morgan fingerprint density at radius 2 is 1.84 bits per heavy atom. The quantitative estimate of drug-likeness (QED) is 0.899. The molecule has 1 amide bonds. The van der Waals surface area contributed by atoms with Crippen molar-refractivity contribution in [2.45, 2.75) is 39.1 Å². The highest BCUT2D eigenvalue weighted by atomic mass is 19.4. The lowest BCUT2D eigenvalue weighted by atomic mass is 10.1. The van der Waals surface area contributed by atoms with E-state index in [4.69, 9.17) is 4.74 Å². The predicted octanol–water partition coefficient (Wildman–Crippen LogP) is 4.19. The van der Waals surface area contributed by atoms with Crippen LogP contribution in [0.2, 0.25) is 0 Å². The monoisotopic (exact) mass is 353 g/mol. The van der Waals surface area contributed by atoms with Crippen LogP contribution < -0.4 is 5.32 Å². The fourth-order valence-electron chi connectivity index (χ4n) is 1.97. The highest BCUT2D eigenvalue weighted by Gasteiger charge is 2.32. The van der Waals surface area contributed by atoms with Gasteiger partial charge in [0, 0.05) is 12.1 Å². The van der Waals surface area contributed by atoms with Gasteiger partial charge >= 0.3 is 12.3 Å². The van der Waals surface area contributed by atoms with E-state index in [1.165, 1.54) is 6.07 Å². The number of alkyl carbamates (subject to hydrolysis) is 1. The first-order valence-corrected chi connectivity index (χ1v) is 7.52. The first-order chi connectivity index (χ1) is 11.5. The van der Waals surface area contributed by atoms with Crippen molar-refractivity contribution < 1.29 is 22.7 Å². The molecule has 1 N–H and O–H groups in total. The number of ether oxygens (including phenoxy) is 1. The number of benzene rings is 1. The number of halogens is 3. The minimum Gasteiger partial charge on any atom is -0.444 e. The summed E-state index contributed by atoms with van der Waals surface area (Å²) >= 11 is 0. The van der Waals surface area contributed by atoms with Crippen LogP contribution in [0.4, 0.5) is 18.0 Å². The molecule has 0 saturated heterocycles. The standard InChI is InChI=1S/C17H18F3N3O2/c1-16(2,3)25-15(24)21-10-11-5-4-6-12(9-11)13-7-8-14(23-22-13)17(18,19)20/h4-9H,10H2,1-3H3,(H,21,24). The van der Waals surface area contributed by atoms with Crippen LogP contribution in [0.3, 0.4) is 0 Å². The van der Waals surface area contributed by atoms with Gasteiger partial charge in [-0.05, 0) is 44.5 Å². The van der Waals surface area contributed by atoms with Crippen LogP contribution >= 0.6 is 0 Å². The van der Waals surface area contributed by atoms with Crippen LogP contribution in [-0.4, -0.2) is 21.9 Å². The zero-order chi connectivity index (χ0) is 18.7. The molecule has 5 nitrogen and oxygen atoms in total. The van der Waals surface area contributed by atoms with Crippen LogP contribution in [0, 0.1) is 0 Å². The van der Waals surface area contributed by atoms with E-state index < -0.39 is 23.6 Å². The van der Waals surface area contributed by atoms with Gasteiger partial charge in [-0.2, -0.15) is 13.2 Å². The van der Waals surface area contributed by atoms with Gasteiger partial charge in [0.1, 0.15) is 5.60 Å². The maximum Gasteiger partial charge on any atom is 0.435 e. The number of rotatable bonds is 3. The van der Waals surface area contributed by atoms with Crippen molar-refractivity contribution in [2.75, 3.05) is 0 Å².